The summed E-state index contributed by atoms with van der Waals surface area (Å²) in [6.07, 6.45) is 41.6. The third kappa shape index (κ3) is 35.2. The summed E-state index contributed by atoms with van der Waals surface area (Å²) in [4.78, 5) is 23.5. The number of carbonyl (C=O) groups is 1. The molecule has 6 unspecified atom stereocenters. The average Bonchev–Trinajstić information content (AvgIpc) is 3.32. The Balaban J connectivity index is 2.26. The summed E-state index contributed by atoms with van der Waals surface area (Å²) in [5, 5.41) is 64.2. The molecule has 13 heteroatoms. The standard InChI is InChI=1S/C55H108NO11P/c1-3-5-7-9-11-13-15-17-18-19-20-21-22-23-24-25-26-27-28-29-30-31-33-35-37-39-41-43-45-49(58)56-47(48(57)44-42-40-38-36-34-32-16-14-12-10-8-6-4-2)46-66-68(64,65)67-55-53(62)51(60)50(59)52(61)54(55)63/h42,44,47-48,50-55,57,59-63H,3-41,43,45-46H2,1-2H3,(H,56,58)(H,64,65)/b44-42+/t47-,48+,50?,51+,52?,53?,54?,55?/m0/s1. The summed E-state index contributed by atoms with van der Waals surface area (Å²) >= 11 is 0. The van der Waals surface area contributed by atoms with Crippen LogP contribution in [0.2, 0.25) is 0 Å². The molecule has 8 N–H and O–H groups in total. The molecule has 0 aliphatic heterocycles. The second-order valence-corrected chi connectivity index (χ2v) is 21.9. The van der Waals surface area contributed by atoms with E-state index in [0.29, 0.717) is 6.42 Å². The minimum absolute atomic E-state index is 0.219. The Labute approximate surface area is 416 Å². The lowest BCUT2D eigenvalue weighted by Crippen LogP contribution is -2.64. The van der Waals surface area contributed by atoms with E-state index in [1.54, 1.807) is 6.08 Å². The van der Waals surface area contributed by atoms with Gasteiger partial charge >= 0.3 is 7.82 Å². The number of aliphatic hydroxyl groups is 6. The highest BCUT2D eigenvalue weighted by Crippen LogP contribution is 2.47. The maximum absolute atomic E-state index is 13.0. The van der Waals surface area contributed by atoms with Crippen molar-refractivity contribution in [2.45, 2.75) is 326 Å². The zero-order valence-electron chi connectivity index (χ0n) is 43.7. The van der Waals surface area contributed by atoms with Crippen LogP contribution < -0.4 is 5.32 Å². The van der Waals surface area contributed by atoms with Crippen molar-refractivity contribution in [3.05, 3.63) is 12.2 Å². The Kier molecular flexibility index (Phi) is 42.8. The molecule has 1 aliphatic carbocycles. The number of rotatable bonds is 49. The van der Waals surface area contributed by atoms with Crippen LogP contribution in [-0.4, -0.2) is 96.8 Å². The molecule has 404 valence electrons. The predicted molar refractivity (Wildman–Crippen MR) is 278 cm³/mol. The Morgan fingerprint density at radius 3 is 1.12 bits per heavy atom. The first-order chi connectivity index (χ1) is 32.9. The molecule has 0 aromatic rings. The maximum atomic E-state index is 13.0. The van der Waals surface area contributed by atoms with Crippen molar-refractivity contribution in [2.24, 2.45) is 0 Å². The minimum atomic E-state index is -5.08. The number of hydrogen-bond acceptors (Lipinski definition) is 10. The largest absolute Gasteiger partial charge is 0.472 e. The molecule has 1 fully saturated rings. The topological polar surface area (TPSA) is 206 Å². The first-order valence-electron chi connectivity index (χ1n) is 28.6. The molecule has 0 aromatic carbocycles. The molecule has 0 bridgehead atoms. The quantitative estimate of drug-likeness (QED) is 0.0163. The number of phosphoric acid groups is 1. The Hall–Kier alpha value is -0.920. The highest BCUT2D eigenvalue weighted by Gasteiger charge is 2.51. The summed E-state index contributed by atoms with van der Waals surface area (Å²) < 4.78 is 23.0. The lowest BCUT2D eigenvalue weighted by molar-refractivity contribution is -0.220. The van der Waals surface area contributed by atoms with Gasteiger partial charge in [0.05, 0.1) is 18.8 Å². The first-order valence-corrected chi connectivity index (χ1v) is 30.1. The van der Waals surface area contributed by atoms with Crippen LogP contribution in [0, 0.1) is 0 Å². The van der Waals surface area contributed by atoms with E-state index in [0.717, 1.165) is 44.9 Å². The highest BCUT2D eigenvalue weighted by molar-refractivity contribution is 7.47. The molecule has 0 spiro atoms. The Bertz CT molecular complexity index is 1200. The Morgan fingerprint density at radius 1 is 0.485 bits per heavy atom. The molecule has 1 amide bonds. The van der Waals surface area contributed by atoms with Gasteiger partial charge in [0, 0.05) is 6.42 Å². The number of amides is 1. The van der Waals surface area contributed by atoms with E-state index < -0.39 is 63.2 Å². The van der Waals surface area contributed by atoms with Crippen molar-refractivity contribution in [3.8, 4) is 0 Å². The van der Waals surface area contributed by atoms with E-state index in [2.05, 4.69) is 19.2 Å². The summed E-state index contributed by atoms with van der Waals surface area (Å²) in [5.74, 6) is -0.335. The normalized spacial score (nSPS) is 21.6. The Morgan fingerprint density at radius 2 is 0.779 bits per heavy atom. The molecule has 0 heterocycles. The second kappa shape index (κ2) is 44.8. The van der Waals surface area contributed by atoms with Gasteiger partial charge in [-0.15, -0.1) is 0 Å². The number of carbonyl (C=O) groups excluding carboxylic acids is 1. The van der Waals surface area contributed by atoms with Gasteiger partial charge in [-0.25, -0.2) is 4.57 Å². The number of nitrogens with one attached hydrogen (secondary N) is 1. The van der Waals surface area contributed by atoms with E-state index in [-0.39, 0.29) is 12.3 Å². The molecule has 1 rings (SSSR count). The summed E-state index contributed by atoms with van der Waals surface area (Å²) in [6.45, 7) is 3.87. The molecule has 12 nitrogen and oxygen atoms in total. The van der Waals surface area contributed by atoms with Crippen LogP contribution in [0.4, 0.5) is 0 Å². The summed E-state index contributed by atoms with van der Waals surface area (Å²) in [6, 6.07) is -1.11. The smallest absolute Gasteiger partial charge is 0.387 e. The van der Waals surface area contributed by atoms with Gasteiger partial charge in [0.25, 0.3) is 0 Å². The van der Waals surface area contributed by atoms with E-state index in [1.807, 2.05) is 6.08 Å². The van der Waals surface area contributed by atoms with Crippen molar-refractivity contribution in [3.63, 3.8) is 0 Å². The number of unbranched alkanes of at least 4 members (excludes halogenated alkanes) is 38. The van der Waals surface area contributed by atoms with Crippen molar-refractivity contribution in [1.29, 1.82) is 0 Å². The lowest BCUT2D eigenvalue weighted by atomic mass is 9.85. The van der Waals surface area contributed by atoms with E-state index >= 15 is 0 Å². The van der Waals surface area contributed by atoms with Crippen LogP contribution in [0.15, 0.2) is 12.2 Å². The zero-order chi connectivity index (χ0) is 49.9. The van der Waals surface area contributed by atoms with E-state index in [9.17, 15) is 44.9 Å². The van der Waals surface area contributed by atoms with Crippen LogP contribution in [0.3, 0.4) is 0 Å². The third-order valence-corrected chi connectivity index (χ3v) is 15.1. The maximum Gasteiger partial charge on any atom is 0.472 e. The van der Waals surface area contributed by atoms with Gasteiger partial charge in [0.15, 0.2) is 0 Å². The lowest BCUT2D eigenvalue weighted by Gasteiger charge is -2.41. The van der Waals surface area contributed by atoms with Crippen molar-refractivity contribution < 1.29 is 53.9 Å². The molecule has 1 saturated carbocycles. The van der Waals surface area contributed by atoms with Gasteiger partial charge in [-0.1, -0.05) is 264 Å². The summed E-state index contributed by atoms with van der Waals surface area (Å²) in [7, 11) is -5.08. The van der Waals surface area contributed by atoms with E-state index in [4.69, 9.17) is 9.05 Å². The zero-order valence-corrected chi connectivity index (χ0v) is 44.6. The minimum Gasteiger partial charge on any atom is -0.387 e. The third-order valence-electron chi connectivity index (χ3n) is 14.1. The number of hydrogen-bond donors (Lipinski definition) is 8. The van der Waals surface area contributed by atoms with Gasteiger partial charge in [0.2, 0.25) is 5.91 Å². The SMILES string of the molecule is CCCCCCCCCCCCC/C=C/[C@@H](O)[C@H](COP(=O)(O)OC1C(O)C(O)C(O)[C@@H](O)C1O)NC(=O)CCCCCCCCCCCCCCCCCCCCCCCCCCCCCC. The molecule has 68 heavy (non-hydrogen) atoms. The van der Waals surface area contributed by atoms with Crippen LogP contribution in [0.1, 0.15) is 277 Å². The van der Waals surface area contributed by atoms with Gasteiger partial charge < -0.3 is 40.8 Å². The van der Waals surface area contributed by atoms with Crippen LogP contribution in [0.25, 0.3) is 0 Å². The fourth-order valence-corrected chi connectivity index (χ4v) is 10.4. The van der Waals surface area contributed by atoms with Crippen LogP contribution in [0.5, 0.6) is 0 Å². The van der Waals surface area contributed by atoms with Crippen LogP contribution in [-0.2, 0) is 18.4 Å². The number of phosphoric ester groups is 1. The molecular weight excluding hydrogens is 882 g/mol. The van der Waals surface area contributed by atoms with Crippen molar-refractivity contribution in [1.82, 2.24) is 5.32 Å². The van der Waals surface area contributed by atoms with Crippen molar-refractivity contribution >= 4 is 13.7 Å². The van der Waals surface area contributed by atoms with Gasteiger partial charge in [-0.05, 0) is 19.3 Å². The van der Waals surface area contributed by atoms with Crippen molar-refractivity contribution in [2.75, 3.05) is 6.61 Å². The molecule has 9 atom stereocenters. The number of allylic oxidation sites excluding steroid dienone is 1. The predicted octanol–water partition coefficient (Wildman–Crippen LogP) is 12.7. The molecule has 0 radical (unpaired) electrons. The van der Waals surface area contributed by atoms with Crippen LogP contribution >= 0.6 is 7.82 Å². The summed E-state index contributed by atoms with van der Waals surface area (Å²) in [5.41, 5.74) is 0. The average molecular weight is 990 g/mol. The van der Waals surface area contributed by atoms with E-state index in [1.165, 1.54) is 205 Å². The monoisotopic (exact) mass is 990 g/mol. The fraction of sp³-hybridized carbons (Fsp3) is 0.945. The molecule has 0 aromatic heterocycles. The van der Waals surface area contributed by atoms with Gasteiger partial charge in [0.1, 0.15) is 36.6 Å². The first kappa shape index (κ1) is 65.1. The fourth-order valence-electron chi connectivity index (χ4n) is 9.44. The van der Waals surface area contributed by atoms with Gasteiger partial charge in [-0.2, -0.15) is 0 Å². The molecule has 1 aliphatic rings. The molecular formula is C55H108NO11P. The number of aliphatic hydroxyl groups excluding tert-OH is 6. The van der Waals surface area contributed by atoms with Gasteiger partial charge in [-0.3, -0.25) is 13.8 Å². The second-order valence-electron chi connectivity index (χ2n) is 20.5. The molecule has 0 saturated heterocycles. The highest BCUT2D eigenvalue weighted by atomic mass is 31.2.